The average Bonchev–Trinajstić information content (AvgIpc) is 2.46. The Labute approximate surface area is 141 Å². The van der Waals surface area contributed by atoms with Crippen LogP contribution in [-0.4, -0.2) is 11.4 Å². The highest BCUT2D eigenvalue weighted by Gasteiger charge is 2.55. The highest BCUT2D eigenvalue weighted by atomic mass is 16.3. The molecular weight excluding hydrogens is 284 g/mol. The highest BCUT2D eigenvalue weighted by molar-refractivity contribution is 5.65. The van der Waals surface area contributed by atoms with Gasteiger partial charge in [0.05, 0.1) is 5.76 Å². The second-order valence-electron chi connectivity index (χ2n) is 8.21. The molecule has 0 aromatic rings. The monoisotopic (exact) mass is 316 g/mol. The van der Waals surface area contributed by atoms with Crippen molar-refractivity contribution in [3.63, 3.8) is 0 Å². The van der Waals surface area contributed by atoms with Crippen LogP contribution in [0.4, 0.5) is 0 Å². The molecule has 2 saturated carbocycles. The lowest BCUT2D eigenvalue weighted by Gasteiger charge is -2.58. The summed E-state index contributed by atoms with van der Waals surface area (Å²) in [6.45, 7) is 14.9. The molecule has 0 radical (unpaired) electrons. The molecule has 0 aromatic heterocycles. The first-order chi connectivity index (χ1) is 10.8. The Balaban J connectivity index is 2.27. The van der Waals surface area contributed by atoms with Crippen molar-refractivity contribution in [1.82, 2.24) is 0 Å². The van der Waals surface area contributed by atoms with E-state index in [0.717, 1.165) is 50.4 Å². The van der Waals surface area contributed by atoms with Crippen molar-refractivity contribution in [2.24, 2.45) is 22.7 Å². The van der Waals surface area contributed by atoms with Crippen LogP contribution in [0.1, 0.15) is 65.7 Å². The van der Waals surface area contributed by atoms with Gasteiger partial charge in [-0.05, 0) is 68.8 Å². The smallest absolute Gasteiger partial charge is 0.142 e. The van der Waals surface area contributed by atoms with Crippen LogP contribution in [0.2, 0.25) is 0 Å². The minimum Gasteiger partial charge on any atom is -0.512 e. The van der Waals surface area contributed by atoms with E-state index in [4.69, 9.17) is 0 Å². The first-order valence-electron chi connectivity index (χ1n) is 8.92. The van der Waals surface area contributed by atoms with Gasteiger partial charge in [0.1, 0.15) is 6.29 Å². The number of aliphatic hydroxyl groups is 1. The lowest BCUT2D eigenvalue weighted by Crippen LogP contribution is -2.51. The number of hydrogen-bond acceptors (Lipinski definition) is 2. The van der Waals surface area contributed by atoms with Gasteiger partial charge in [0.25, 0.3) is 0 Å². The zero-order chi connectivity index (χ0) is 17.3. The van der Waals surface area contributed by atoms with Gasteiger partial charge in [-0.3, -0.25) is 4.79 Å². The van der Waals surface area contributed by atoms with Gasteiger partial charge in [-0.15, -0.1) is 0 Å². The summed E-state index contributed by atoms with van der Waals surface area (Å²) in [5.74, 6) is 1.29. The molecule has 2 aliphatic rings. The molecule has 0 aliphatic heterocycles. The number of carbonyl (C=O) groups is 1. The van der Waals surface area contributed by atoms with Gasteiger partial charge >= 0.3 is 0 Å². The Kier molecular flexibility index (Phi) is 5.23. The molecule has 4 atom stereocenters. The Morgan fingerprint density at radius 1 is 1.39 bits per heavy atom. The van der Waals surface area contributed by atoms with E-state index >= 15 is 0 Å². The summed E-state index contributed by atoms with van der Waals surface area (Å²) >= 11 is 0. The Morgan fingerprint density at radius 2 is 2.09 bits per heavy atom. The van der Waals surface area contributed by atoms with Crippen LogP contribution in [0.5, 0.6) is 0 Å². The molecule has 1 N–H and O–H groups in total. The van der Waals surface area contributed by atoms with Crippen molar-refractivity contribution in [2.45, 2.75) is 65.7 Å². The predicted octanol–water partition coefficient (Wildman–Crippen LogP) is 5.76. The summed E-state index contributed by atoms with van der Waals surface area (Å²) in [5.41, 5.74) is 2.51. The number of allylic oxidation sites excluding steroid dienone is 4. The first kappa shape index (κ1) is 18.0. The van der Waals surface area contributed by atoms with Crippen LogP contribution in [0.15, 0.2) is 36.1 Å². The summed E-state index contributed by atoms with van der Waals surface area (Å²) in [6.07, 6.45) is 10.1. The molecule has 0 saturated heterocycles. The average molecular weight is 316 g/mol. The Bertz CT molecular complexity index is 530. The van der Waals surface area contributed by atoms with Crippen LogP contribution in [-0.2, 0) is 4.79 Å². The maximum Gasteiger partial charge on any atom is 0.142 e. The molecule has 0 aromatic carbocycles. The molecule has 0 spiro atoms. The molecule has 2 fully saturated rings. The van der Waals surface area contributed by atoms with Crippen LogP contribution in [0, 0.1) is 22.7 Å². The van der Waals surface area contributed by atoms with E-state index in [2.05, 4.69) is 27.0 Å². The summed E-state index contributed by atoms with van der Waals surface area (Å²) in [6, 6.07) is 0. The molecular formula is C21H32O2. The first-order valence-corrected chi connectivity index (χ1v) is 8.92. The molecule has 4 unspecified atom stereocenters. The molecule has 0 heterocycles. The van der Waals surface area contributed by atoms with Crippen molar-refractivity contribution >= 4 is 6.29 Å². The maximum atomic E-state index is 10.7. The van der Waals surface area contributed by atoms with Crippen molar-refractivity contribution < 1.29 is 9.90 Å². The van der Waals surface area contributed by atoms with E-state index < -0.39 is 0 Å². The predicted molar refractivity (Wildman–Crippen MR) is 96.2 cm³/mol. The quantitative estimate of drug-likeness (QED) is 0.303. The number of aldehydes is 1. The molecule has 2 heteroatoms. The fourth-order valence-corrected chi connectivity index (χ4v) is 5.40. The third-order valence-corrected chi connectivity index (χ3v) is 6.86. The standard InChI is InChI=1S/C21H32O2/c1-15(11-14-22)7-9-18-16(2)8-10-19-20(4,17(3)23)12-6-13-21(18,19)5/h11,14,18-19,23H,2-3,6-10,12-13H2,1,4-5H3. The minimum absolute atomic E-state index is 0.167. The Hall–Kier alpha value is -1.31. The molecule has 0 amide bonds. The van der Waals surface area contributed by atoms with E-state index in [1.54, 1.807) is 6.08 Å². The van der Waals surface area contributed by atoms with E-state index in [1.807, 2.05) is 6.92 Å². The third kappa shape index (κ3) is 3.18. The molecule has 2 rings (SSSR count). The fourth-order valence-electron chi connectivity index (χ4n) is 5.40. The number of aliphatic hydroxyl groups excluding tert-OH is 1. The summed E-state index contributed by atoms with van der Waals surface area (Å²) in [5, 5.41) is 10.3. The molecule has 2 nitrogen and oxygen atoms in total. The molecule has 2 aliphatic carbocycles. The summed E-state index contributed by atoms with van der Waals surface area (Å²) in [7, 11) is 0. The van der Waals surface area contributed by atoms with Gasteiger partial charge in [0.2, 0.25) is 0 Å². The summed E-state index contributed by atoms with van der Waals surface area (Å²) < 4.78 is 0. The largest absolute Gasteiger partial charge is 0.512 e. The number of hydrogen-bond donors (Lipinski definition) is 1. The van der Waals surface area contributed by atoms with Crippen LogP contribution in [0.3, 0.4) is 0 Å². The number of carbonyl (C=O) groups excluding carboxylic acids is 1. The van der Waals surface area contributed by atoms with E-state index in [0.29, 0.717) is 17.6 Å². The number of fused-ring (bicyclic) bond motifs is 1. The normalized spacial score (nSPS) is 38.0. The van der Waals surface area contributed by atoms with Gasteiger partial charge < -0.3 is 5.11 Å². The second kappa shape index (κ2) is 6.67. The second-order valence-corrected chi connectivity index (χ2v) is 8.21. The minimum atomic E-state index is -0.167. The van der Waals surface area contributed by atoms with Gasteiger partial charge in [-0.25, -0.2) is 0 Å². The lowest BCUT2D eigenvalue weighted by atomic mass is 9.46. The molecule has 23 heavy (non-hydrogen) atoms. The van der Waals surface area contributed by atoms with E-state index in [-0.39, 0.29) is 10.8 Å². The highest BCUT2D eigenvalue weighted by Crippen LogP contribution is 2.63. The molecule has 0 bridgehead atoms. The van der Waals surface area contributed by atoms with Crippen LogP contribution >= 0.6 is 0 Å². The molecule has 128 valence electrons. The van der Waals surface area contributed by atoms with Crippen LogP contribution in [0.25, 0.3) is 0 Å². The van der Waals surface area contributed by atoms with Crippen molar-refractivity contribution in [2.75, 3.05) is 0 Å². The van der Waals surface area contributed by atoms with Gasteiger partial charge in [0, 0.05) is 5.41 Å². The van der Waals surface area contributed by atoms with Crippen LogP contribution < -0.4 is 0 Å². The zero-order valence-corrected chi connectivity index (χ0v) is 15.0. The third-order valence-electron chi connectivity index (χ3n) is 6.86. The Morgan fingerprint density at radius 3 is 2.70 bits per heavy atom. The van der Waals surface area contributed by atoms with Crippen molar-refractivity contribution in [3.8, 4) is 0 Å². The van der Waals surface area contributed by atoms with E-state index in [1.165, 1.54) is 12.0 Å². The van der Waals surface area contributed by atoms with Gasteiger partial charge in [0.15, 0.2) is 0 Å². The lowest BCUT2D eigenvalue weighted by molar-refractivity contribution is -0.104. The fraction of sp³-hybridized carbons (Fsp3) is 0.667. The van der Waals surface area contributed by atoms with Crippen molar-refractivity contribution in [3.05, 3.63) is 36.1 Å². The SMILES string of the molecule is C=C1CCC2C(C)(C(=C)O)CCCC2(C)C1CCC(C)=CC=O. The maximum absolute atomic E-state index is 10.7. The van der Waals surface area contributed by atoms with Gasteiger partial charge in [-0.1, -0.05) is 44.6 Å². The van der Waals surface area contributed by atoms with Crippen molar-refractivity contribution in [1.29, 1.82) is 0 Å². The topological polar surface area (TPSA) is 37.3 Å². The van der Waals surface area contributed by atoms with E-state index in [9.17, 15) is 9.90 Å². The number of rotatable bonds is 5. The zero-order valence-electron chi connectivity index (χ0n) is 15.0. The summed E-state index contributed by atoms with van der Waals surface area (Å²) in [4.78, 5) is 10.7. The van der Waals surface area contributed by atoms with Gasteiger partial charge in [-0.2, -0.15) is 0 Å².